The quantitative estimate of drug-likeness (QED) is 0.501. The van der Waals surface area contributed by atoms with Crippen LogP contribution in [-0.2, 0) is 9.47 Å². The molecule has 2 bridgehead atoms. The molecule has 0 amide bonds. The van der Waals surface area contributed by atoms with Gasteiger partial charge in [-0.15, -0.1) is 0 Å². The fraction of sp³-hybridized carbons (Fsp3) is 0.500. The molecule has 2 unspecified atom stereocenters. The van der Waals surface area contributed by atoms with Crippen molar-refractivity contribution in [3.8, 4) is 0 Å². The fourth-order valence-corrected chi connectivity index (χ4v) is 1.22. The second kappa shape index (κ2) is 2.56. The molecule has 0 spiro atoms. The van der Waals surface area contributed by atoms with E-state index in [0.717, 1.165) is 6.42 Å². The third kappa shape index (κ3) is 1.13. The van der Waals surface area contributed by atoms with Crippen LogP contribution in [0, 0.1) is 0 Å². The van der Waals surface area contributed by atoms with E-state index < -0.39 is 0 Å². The molecule has 0 aromatic carbocycles. The maximum atomic E-state index is 5.28. The van der Waals surface area contributed by atoms with E-state index in [1.54, 1.807) is 0 Å². The number of allylic oxidation sites excluding steroid dienone is 2. The normalized spacial score (nSPS) is 37.6. The largest absolute Gasteiger partial charge is 0.348 e. The Morgan fingerprint density at radius 2 is 1.60 bits per heavy atom. The molecule has 2 rings (SSSR count). The van der Waals surface area contributed by atoms with Gasteiger partial charge in [-0.1, -0.05) is 24.3 Å². The van der Waals surface area contributed by atoms with Crippen LogP contribution >= 0.6 is 0 Å². The van der Waals surface area contributed by atoms with Gasteiger partial charge in [0.15, 0.2) is 0 Å². The van der Waals surface area contributed by atoms with Crippen molar-refractivity contribution in [3.63, 3.8) is 0 Å². The molecule has 1 aliphatic heterocycles. The molecule has 0 aromatic heterocycles. The van der Waals surface area contributed by atoms with Crippen LogP contribution in [0.15, 0.2) is 24.3 Å². The second-order valence-electron chi connectivity index (χ2n) is 2.53. The zero-order valence-corrected chi connectivity index (χ0v) is 5.69. The van der Waals surface area contributed by atoms with Crippen LogP contribution in [0.5, 0.6) is 0 Å². The molecule has 1 heterocycles. The van der Waals surface area contributed by atoms with Gasteiger partial charge in [0.05, 0.1) is 12.2 Å². The second-order valence-corrected chi connectivity index (χ2v) is 2.53. The zero-order valence-electron chi connectivity index (χ0n) is 5.69. The summed E-state index contributed by atoms with van der Waals surface area (Å²) in [7, 11) is 0. The van der Waals surface area contributed by atoms with Crippen LogP contribution in [0.25, 0.3) is 0 Å². The Bertz CT molecular complexity index is 154. The van der Waals surface area contributed by atoms with Crippen LogP contribution in [0.4, 0.5) is 0 Å². The molecule has 0 saturated carbocycles. The van der Waals surface area contributed by atoms with Crippen molar-refractivity contribution in [1.29, 1.82) is 0 Å². The van der Waals surface area contributed by atoms with Crippen molar-refractivity contribution < 1.29 is 9.47 Å². The van der Waals surface area contributed by atoms with E-state index in [1.165, 1.54) is 0 Å². The molecule has 1 saturated heterocycles. The minimum atomic E-state index is 0.272. The molecule has 1 fully saturated rings. The van der Waals surface area contributed by atoms with Gasteiger partial charge in [0.25, 0.3) is 0 Å². The third-order valence-electron chi connectivity index (χ3n) is 1.79. The summed E-state index contributed by atoms with van der Waals surface area (Å²) >= 11 is 0. The lowest BCUT2D eigenvalue weighted by molar-refractivity contribution is -0.146. The summed E-state index contributed by atoms with van der Waals surface area (Å²) in [5.41, 5.74) is 0. The van der Waals surface area contributed by atoms with Crippen molar-refractivity contribution in [2.45, 2.75) is 18.6 Å². The molecule has 2 nitrogen and oxygen atoms in total. The van der Waals surface area contributed by atoms with Crippen molar-refractivity contribution >= 4 is 0 Å². The fourth-order valence-electron chi connectivity index (χ4n) is 1.22. The van der Waals surface area contributed by atoms with Gasteiger partial charge in [-0.3, -0.25) is 0 Å². The van der Waals surface area contributed by atoms with Crippen molar-refractivity contribution in [2.24, 2.45) is 0 Å². The Morgan fingerprint density at radius 1 is 1.00 bits per heavy atom. The summed E-state index contributed by atoms with van der Waals surface area (Å²) in [6, 6.07) is 0. The van der Waals surface area contributed by atoms with Gasteiger partial charge >= 0.3 is 0 Å². The number of hydrogen-bond donors (Lipinski definition) is 0. The van der Waals surface area contributed by atoms with E-state index in [1.807, 2.05) is 12.2 Å². The van der Waals surface area contributed by atoms with Crippen LogP contribution in [0.2, 0.25) is 0 Å². The summed E-state index contributed by atoms with van der Waals surface area (Å²) < 4.78 is 10.6. The summed E-state index contributed by atoms with van der Waals surface area (Å²) in [5.74, 6) is 0. The van der Waals surface area contributed by atoms with Gasteiger partial charge in [-0.2, -0.15) is 0 Å². The summed E-state index contributed by atoms with van der Waals surface area (Å²) in [5, 5.41) is 0. The molecule has 0 aromatic rings. The average Bonchev–Trinajstić information content (AvgIpc) is 2.12. The summed E-state index contributed by atoms with van der Waals surface area (Å²) in [6.45, 7) is 0.435. The van der Waals surface area contributed by atoms with E-state index in [2.05, 4.69) is 12.2 Å². The molecule has 2 aliphatic rings. The van der Waals surface area contributed by atoms with Crippen molar-refractivity contribution in [2.75, 3.05) is 6.79 Å². The highest BCUT2D eigenvalue weighted by molar-refractivity contribution is 5.12. The monoisotopic (exact) mass is 138 g/mol. The Morgan fingerprint density at radius 3 is 2.20 bits per heavy atom. The predicted molar refractivity (Wildman–Crippen MR) is 37.5 cm³/mol. The summed E-state index contributed by atoms with van der Waals surface area (Å²) in [6.07, 6.45) is 9.67. The maximum absolute atomic E-state index is 5.28. The molecule has 2 atom stereocenters. The van der Waals surface area contributed by atoms with Gasteiger partial charge in [-0.25, -0.2) is 0 Å². The number of rotatable bonds is 0. The Hall–Kier alpha value is -0.600. The predicted octanol–water partition coefficient (Wildman–Crippen LogP) is 1.24. The Labute approximate surface area is 60.1 Å². The minimum absolute atomic E-state index is 0.272. The third-order valence-corrected chi connectivity index (χ3v) is 1.79. The van der Waals surface area contributed by atoms with E-state index in [4.69, 9.17) is 9.47 Å². The molecule has 1 aliphatic carbocycles. The van der Waals surface area contributed by atoms with Gasteiger partial charge in [0.1, 0.15) is 6.79 Å². The lowest BCUT2D eigenvalue weighted by Gasteiger charge is -2.24. The molecule has 0 radical (unpaired) electrons. The first-order valence-electron chi connectivity index (χ1n) is 3.53. The Balaban J connectivity index is 2.14. The molecular formula is C8H10O2. The first-order valence-corrected chi connectivity index (χ1v) is 3.53. The van der Waals surface area contributed by atoms with E-state index in [9.17, 15) is 0 Å². The molecular weight excluding hydrogens is 128 g/mol. The maximum Gasteiger partial charge on any atom is 0.148 e. The highest BCUT2D eigenvalue weighted by atomic mass is 16.7. The van der Waals surface area contributed by atoms with E-state index in [0.29, 0.717) is 6.79 Å². The van der Waals surface area contributed by atoms with Crippen LogP contribution in [0.3, 0.4) is 0 Å². The van der Waals surface area contributed by atoms with Crippen LogP contribution in [-0.4, -0.2) is 19.0 Å². The van der Waals surface area contributed by atoms with Crippen molar-refractivity contribution in [3.05, 3.63) is 24.3 Å². The minimum Gasteiger partial charge on any atom is -0.348 e. The smallest absolute Gasteiger partial charge is 0.148 e. The molecule has 10 heavy (non-hydrogen) atoms. The molecule has 2 heteroatoms. The highest BCUT2D eigenvalue weighted by Gasteiger charge is 2.19. The topological polar surface area (TPSA) is 18.5 Å². The first-order chi connectivity index (χ1) is 4.95. The molecule has 54 valence electrons. The number of fused-ring (bicyclic) bond motifs is 2. The first kappa shape index (κ1) is 6.13. The van der Waals surface area contributed by atoms with Gasteiger partial charge in [-0.05, 0) is 0 Å². The lowest BCUT2D eigenvalue weighted by atomic mass is 10.1. The number of hydrogen-bond acceptors (Lipinski definition) is 2. The van der Waals surface area contributed by atoms with Gasteiger partial charge in [0, 0.05) is 6.42 Å². The summed E-state index contributed by atoms with van der Waals surface area (Å²) in [4.78, 5) is 0. The van der Waals surface area contributed by atoms with Crippen LogP contribution in [0.1, 0.15) is 6.42 Å². The number of ether oxygens (including phenoxy) is 2. The SMILES string of the molecule is C1=CC2CC(C=C1)OCO2. The van der Waals surface area contributed by atoms with Gasteiger partial charge < -0.3 is 9.47 Å². The lowest BCUT2D eigenvalue weighted by Crippen LogP contribution is -2.27. The average molecular weight is 138 g/mol. The zero-order chi connectivity index (χ0) is 6.81. The van der Waals surface area contributed by atoms with Crippen LogP contribution < -0.4 is 0 Å². The molecule has 0 N–H and O–H groups in total. The van der Waals surface area contributed by atoms with E-state index in [-0.39, 0.29) is 12.2 Å². The standard InChI is InChI=1S/C8H10O2/c1-2-4-8-5-7(3-1)9-6-10-8/h1-4,7-8H,5-6H2. The van der Waals surface area contributed by atoms with E-state index >= 15 is 0 Å². The highest BCUT2D eigenvalue weighted by Crippen LogP contribution is 2.17. The van der Waals surface area contributed by atoms with Gasteiger partial charge in [0.2, 0.25) is 0 Å². The van der Waals surface area contributed by atoms with Crippen molar-refractivity contribution in [1.82, 2.24) is 0 Å². The Kier molecular flexibility index (Phi) is 1.57.